The van der Waals surface area contributed by atoms with Crippen molar-refractivity contribution in [2.24, 2.45) is 5.92 Å². The van der Waals surface area contributed by atoms with Crippen molar-refractivity contribution in [1.29, 1.82) is 0 Å². The SMILES string of the molecule is CCCNC(C)c1ccc(N2CCCC(C)C2C)cc1O. The third kappa shape index (κ3) is 3.70. The molecule has 21 heavy (non-hydrogen) atoms. The zero-order valence-corrected chi connectivity index (χ0v) is 13.9. The molecule has 1 fully saturated rings. The van der Waals surface area contributed by atoms with Crippen LogP contribution in [0.5, 0.6) is 5.75 Å². The lowest BCUT2D eigenvalue weighted by atomic mass is 9.91. The smallest absolute Gasteiger partial charge is 0.122 e. The Labute approximate surface area is 129 Å². The number of nitrogens with zero attached hydrogens (tertiary/aromatic N) is 1. The van der Waals surface area contributed by atoms with Crippen LogP contribution in [0.3, 0.4) is 0 Å². The molecule has 0 radical (unpaired) electrons. The molecule has 3 unspecified atom stereocenters. The average Bonchev–Trinajstić information content (AvgIpc) is 2.47. The number of phenolic OH excluding ortho intramolecular Hbond substituents is 1. The third-order valence-corrected chi connectivity index (χ3v) is 4.89. The number of aromatic hydroxyl groups is 1. The van der Waals surface area contributed by atoms with E-state index in [4.69, 9.17) is 0 Å². The lowest BCUT2D eigenvalue weighted by Crippen LogP contribution is -2.42. The molecule has 2 rings (SSSR count). The summed E-state index contributed by atoms with van der Waals surface area (Å²) in [7, 11) is 0. The Bertz CT molecular complexity index is 461. The van der Waals surface area contributed by atoms with Crippen LogP contribution in [-0.2, 0) is 0 Å². The van der Waals surface area contributed by atoms with Gasteiger partial charge in [-0.3, -0.25) is 0 Å². The highest BCUT2D eigenvalue weighted by atomic mass is 16.3. The number of benzene rings is 1. The molecule has 1 saturated heterocycles. The van der Waals surface area contributed by atoms with Crippen LogP contribution in [0.25, 0.3) is 0 Å². The van der Waals surface area contributed by atoms with Gasteiger partial charge in [-0.15, -0.1) is 0 Å². The summed E-state index contributed by atoms with van der Waals surface area (Å²) in [6.45, 7) is 10.9. The van der Waals surface area contributed by atoms with Gasteiger partial charge in [-0.25, -0.2) is 0 Å². The van der Waals surface area contributed by atoms with Gasteiger partial charge in [0.1, 0.15) is 5.75 Å². The fourth-order valence-electron chi connectivity index (χ4n) is 3.25. The van der Waals surface area contributed by atoms with Crippen LogP contribution in [0, 0.1) is 5.92 Å². The molecule has 0 amide bonds. The van der Waals surface area contributed by atoms with Gasteiger partial charge < -0.3 is 15.3 Å². The Morgan fingerprint density at radius 1 is 1.38 bits per heavy atom. The monoisotopic (exact) mass is 290 g/mol. The zero-order valence-electron chi connectivity index (χ0n) is 13.9. The molecule has 3 atom stereocenters. The van der Waals surface area contributed by atoms with Crippen molar-refractivity contribution in [2.75, 3.05) is 18.0 Å². The fourth-order valence-corrected chi connectivity index (χ4v) is 3.25. The molecule has 3 heteroatoms. The second-order valence-electron chi connectivity index (χ2n) is 6.47. The Morgan fingerprint density at radius 2 is 2.14 bits per heavy atom. The minimum atomic E-state index is 0.191. The van der Waals surface area contributed by atoms with Gasteiger partial charge in [-0.1, -0.05) is 19.9 Å². The average molecular weight is 290 g/mol. The number of anilines is 1. The maximum atomic E-state index is 10.4. The highest BCUT2D eigenvalue weighted by molar-refractivity contribution is 5.55. The Hall–Kier alpha value is -1.22. The lowest BCUT2D eigenvalue weighted by molar-refractivity contribution is 0.363. The van der Waals surface area contributed by atoms with Crippen LogP contribution in [0.1, 0.15) is 58.6 Å². The van der Waals surface area contributed by atoms with Crippen molar-refractivity contribution in [1.82, 2.24) is 5.32 Å². The van der Waals surface area contributed by atoms with Gasteiger partial charge in [0.05, 0.1) is 0 Å². The Kier molecular flexibility index (Phi) is 5.51. The quantitative estimate of drug-likeness (QED) is 0.858. The Morgan fingerprint density at radius 3 is 2.81 bits per heavy atom. The molecule has 0 bridgehead atoms. The van der Waals surface area contributed by atoms with Gasteiger partial charge in [-0.05, 0) is 51.6 Å². The van der Waals surface area contributed by atoms with E-state index in [2.05, 4.69) is 50.0 Å². The highest BCUT2D eigenvalue weighted by Gasteiger charge is 2.25. The van der Waals surface area contributed by atoms with Crippen LogP contribution >= 0.6 is 0 Å². The van der Waals surface area contributed by atoms with E-state index in [9.17, 15) is 5.11 Å². The van der Waals surface area contributed by atoms with E-state index in [0.29, 0.717) is 17.7 Å². The fraction of sp³-hybridized carbons (Fsp3) is 0.667. The second kappa shape index (κ2) is 7.17. The van der Waals surface area contributed by atoms with Crippen molar-refractivity contribution in [3.05, 3.63) is 23.8 Å². The molecule has 0 spiro atoms. The maximum Gasteiger partial charge on any atom is 0.122 e. The largest absolute Gasteiger partial charge is 0.508 e. The molecule has 0 aromatic heterocycles. The summed E-state index contributed by atoms with van der Waals surface area (Å²) in [6.07, 6.45) is 3.65. The molecule has 0 saturated carbocycles. The minimum Gasteiger partial charge on any atom is -0.508 e. The summed E-state index contributed by atoms with van der Waals surface area (Å²) < 4.78 is 0. The Balaban J connectivity index is 2.14. The van der Waals surface area contributed by atoms with Crippen molar-refractivity contribution >= 4 is 5.69 Å². The minimum absolute atomic E-state index is 0.191. The third-order valence-electron chi connectivity index (χ3n) is 4.89. The molecular formula is C18H30N2O. The molecule has 2 N–H and O–H groups in total. The van der Waals surface area contributed by atoms with E-state index < -0.39 is 0 Å². The summed E-state index contributed by atoms with van der Waals surface area (Å²) in [5.41, 5.74) is 2.14. The zero-order chi connectivity index (χ0) is 15.4. The molecule has 118 valence electrons. The van der Waals surface area contributed by atoms with Crippen LogP contribution in [0.2, 0.25) is 0 Å². The topological polar surface area (TPSA) is 35.5 Å². The van der Waals surface area contributed by atoms with Crippen LogP contribution in [-0.4, -0.2) is 24.2 Å². The second-order valence-corrected chi connectivity index (χ2v) is 6.47. The summed E-state index contributed by atoms with van der Waals surface area (Å²) in [5, 5.41) is 13.8. The van der Waals surface area contributed by atoms with Crippen molar-refractivity contribution in [3.8, 4) is 5.75 Å². The molecule has 1 aromatic rings. The van der Waals surface area contributed by atoms with Crippen molar-refractivity contribution in [3.63, 3.8) is 0 Å². The first kappa shape index (κ1) is 16.2. The van der Waals surface area contributed by atoms with Crippen LogP contribution in [0.4, 0.5) is 5.69 Å². The molecule has 1 aromatic carbocycles. The summed E-state index contributed by atoms with van der Waals surface area (Å²) in [5.74, 6) is 1.12. The number of hydrogen-bond donors (Lipinski definition) is 2. The van der Waals surface area contributed by atoms with E-state index in [-0.39, 0.29) is 6.04 Å². The van der Waals surface area contributed by atoms with E-state index in [1.165, 1.54) is 12.8 Å². The number of nitrogens with one attached hydrogen (secondary N) is 1. The molecule has 0 aliphatic carbocycles. The summed E-state index contributed by atoms with van der Waals surface area (Å²) >= 11 is 0. The standard InChI is InChI=1S/C18H30N2O/c1-5-10-19-14(3)17-9-8-16(12-18(17)21)20-11-6-7-13(2)15(20)4/h8-9,12-15,19,21H,5-7,10-11H2,1-4H3. The molecule has 1 aliphatic rings. The van der Waals surface area contributed by atoms with E-state index >= 15 is 0 Å². The normalized spacial score (nSPS) is 24.1. The van der Waals surface area contributed by atoms with Gasteiger partial charge in [0.2, 0.25) is 0 Å². The highest BCUT2D eigenvalue weighted by Crippen LogP contribution is 2.33. The summed E-state index contributed by atoms with van der Waals surface area (Å²) in [6, 6.07) is 6.91. The molecule has 1 aliphatic heterocycles. The lowest BCUT2D eigenvalue weighted by Gasteiger charge is -2.39. The van der Waals surface area contributed by atoms with Gasteiger partial charge in [0, 0.05) is 35.9 Å². The number of piperidine rings is 1. The number of phenols is 1. The first-order valence-corrected chi connectivity index (χ1v) is 8.37. The van der Waals surface area contributed by atoms with Gasteiger partial charge in [0.15, 0.2) is 0 Å². The first-order valence-electron chi connectivity index (χ1n) is 8.37. The van der Waals surface area contributed by atoms with Gasteiger partial charge in [-0.2, -0.15) is 0 Å². The molecule has 3 nitrogen and oxygen atoms in total. The van der Waals surface area contributed by atoms with E-state index in [0.717, 1.165) is 30.8 Å². The predicted molar refractivity (Wildman–Crippen MR) is 90.0 cm³/mol. The maximum absolute atomic E-state index is 10.4. The van der Waals surface area contributed by atoms with E-state index in [1.807, 2.05) is 6.07 Å². The van der Waals surface area contributed by atoms with Crippen LogP contribution in [0.15, 0.2) is 18.2 Å². The summed E-state index contributed by atoms with van der Waals surface area (Å²) in [4.78, 5) is 2.43. The molecule has 1 heterocycles. The number of rotatable bonds is 5. The first-order chi connectivity index (χ1) is 10.0. The van der Waals surface area contributed by atoms with Crippen molar-refractivity contribution in [2.45, 2.75) is 59.0 Å². The van der Waals surface area contributed by atoms with E-state index in [1.54, 1.807) is 0 Å². The number of hydrogen-bond acceptors (Lipinski definition) is 3. The van der Waals surface area contributed by atoms with Crippen molar-refractivity contribution < 1.29 is 5.11 Å². The predicted octanol–water partition coefficient (Wildman–Crippen LogP) is 4.08. The van der Waals surface area contributed by atoms with Gasteiger partial charge >= 0.3 is 0 Å². The van der Waals surface area contributed by atoms with Gasteiger partial charge in [0.25, 0.3) is 0 Å². The van der Waals surface area contributed by atoms with Crippen LogP contribution < -0.4 is 10.2 Å². The molecular weight excluding hydrogens is 260 g/mol.